The maximum absolute atomic E-state index is 11.6. The molecule has 1 saturated heterocycles. The van der Waals surface area contributed by atoms with Gasteiger partial charge < -0.3 is 16.4 Å². The average Bonchev–Trinajstić information content (AvgIpc) is 2.83. The first-order valence-corrected chi connectivity index (χ1v) is 12.2. The molecule has 3 atom stereocenters. The van der Waals surface area contributed by atoms with Crippen LogP contribution in [0.15, 0.2) is 59.6 Å². The second-order valence-corrected chi connectivity index (χ2v) is 9.12. The van der Waals surface area contributed by atoms with E-state index >= 15 is 0 Å². The van der Waals surface area contributed by atoms with Crippen LogP contribution in [0.1, 0.15) is 56.2 Å². The number of hydrogen-bond acceptors (Lipinski definition) is 3. The summed E-state index contributed by atoms with van der Waals surface area (Å²) in [6.45, 7) is 10.6. The van der Waals surface area contributed by atoms with Crippen LogP contribution >= 0.6 is 0 Å². The van der Waals surface area contributed by atoms with Crippen LogP contribution in [0.25, 0.3) is 0 Å². The normalized spacial score (nSPS) is 19.0. The molecule has 2 aromatic carbocycles. The fraction of sp³-hybridized carbons (Fsp3) is 0.481. The molecule has 3 unspecified atom stereocenters. The number of hydrogen-bond donors (Lipinski definition) is 3. The minimum Gasteiger partial charge on any atom is -0.369 e. The number of nitrogens with two attached hydrogens (primary N) is 1. The number of carbonyl (C=O) groups excluding carboxylic acids is 1. The molecular formula is C27H39N5O. The van der Waals surface area contributed by atoms with E-state index in [1.165, 1.54) is 16.7 Å². The largest absolute Gasteiger partial charge is 0.369 e. The Balaban J connectivity index is 1.61. The second-order valence-electron chi connectivity index (χ2n) is 9.12. The van der Waals surface area contributed by atoms with Crippen molar-refractivity contribution in [3.63, 3.8) is 0 Å². The number of carbonyl (C=O) groups is 1. The van der Waals surface area contributed by atoms with Gasteiger partial charge >= 0.3 is 0 Å². The van der Waals surface area contributed by atoms with E-state index in [0.717, 1.165) is 45.0 Å². The summed E-state index contributed by atoms with van der Waals surface area (Å²) < 4.78 is 0. The van der Waals surface area contributed by atoms with E-state index in [1.807, 2.05) is 0 Å². The predicted molar refractivity (Wildman–Crippen MR) is 136 cm³/mol. The maximum Gasteiger partial charge on any atom is 0.221 e. The van der Waals surface area contributed by atoms with Crippen molar-refractivity contribution in [3.8, 4) is 0 Å². The molecule has 0 radical (unpaired) electrons. The molecule has 0 aliphatic carbocycles. The van der Waals surface area contributed by atoms with E-state index in [9.17, 15) is 4.79 Å². The van der Waals surface area contributed by atoms with Crippen molar-refractivity contribution in [1.29, 1.82) is 0 Å². The molecule has 0 bridgehead atoms. The Morgan fingerprint density at radius 1 is 1.15 bits per heavy atom. The van der Waals surface area contributed by atoms with Gasteiger partial charge in [0.25, 0.3) is 0 Å². The number of benzene rings is 2. The van der Waals surface area contributed by atoms with Crippen molar-refractivity contribution < 1.29 is 4.79 Å². The molecule has 0 aromatic heterocycles. The molecule has 3 rings (SSSR count). The number of primary amides is 1. The quantitative estimate of drug-likeness (QED) is 0.403. The van der Waals surface area contributed by atoms with Crippen LogP contribution in [0.2, 0.25) is 0 Å². The Morgan fingerprint density at radius 3 is 2.64 bits per heavy atom. The number of amides is 1. The van der Waals surface area contributed by atoms with Gasteiger partial charge in [0.1, 0.15) is 0 Å². The summed E-state index contributed by atoms with van der Waals surface area (Å²) in [4.78, 5) is 18.8. The Morgan fingerprint density at radius 2 is 1.91 bits per heavy atom. The molecule has 1 heterocycles. The van der Waals surface area contributed by atoms with Crippen molar-refractivity contribution in [1.82, 2.24) is 15.5 Å². The van der Waals surface area contributed by atoms with E-state index in [1.54, 1.807) is 0 Å². The Kier molecular flexibility index (Phi) is 9.31. The number of guanidine groups is 1. The number of rotatable bonds is 9. The van der Waals surface area contributed by atoms with Crippen LogP contribution in [0.3, 0.4) is 0 Å². The number of piperidine rings is 1. The van der Waals surface area contributed by atoms with E-state index in [-0.39, 0.29) is 17.9 Å². The van der Waals surface area contributed by atoms with Gasteiger partial charge in [0.15, 0.2) is 5.96 Å². The molecule has 1 fully saturated rings. The molecule has 0 saturated carbocycles. The fourth-order valence-corrected chi connectivity index (χ4v) is 4.39. The van der Waals surface area contributed by atoms with Crippen LogP contribution in [0.5, 0.6) is 0 Å². The molecule has 178 valence electrons. The molecule has 1 amide bonds. The minimum atomic E-state index is -0.179. The second kappa shape index (κ2) is 12.4. The molecule has 0 spiro atoms. The van der Waals surface area contributed by atoms with Crippen molar-refractivity contribution in [2.45, 2.75) is 58.7 Å². The zero-order chi connectivity index (χ0) is 23.6. The Bertz CT molecular complexity index is 914. The Labute approximate surface area is 198 Å². The summed E-state index contributed by atoms with van der Waals surface area (Å²) in [5.41, 5.74) is 9.27. The molecular weight excluding hydrogens is 410 g/mol. The van der Waals surface area contributed by atoms with E-state index in [2.05, 4.69) is 90.9 Å². The third-order valence-corrected chi connectivity index (χ3v) is 6.51. The summed E-state index contributed by atoms with van der Waals surface area (Å²) in [5, 5.41) is 6.94. The lowest BCUT2D eigenvalue weighted by Crippen LogP contribution is -2.44. The van der Waals surface area contributed by atoms with Gasteiger partial charge in [-0.05, 0) is 49.9 Å². The van der Waals surface area contributed by atoms with Crippen LogP contribution in [-0.2, 0) is 17.9 Å². The van der Waals surface area contributed by atoms with Crippen LogP contribution in [0, 0.1) is 5.92 Å². The number of likely N-dealkylation sites (tertiary alicyclic amines) is 1. The van der Waals surface area contributed by atoms with Gasteiger partial charge in [-0.2, -0.15) is 0 Å². The first-order valence-electron chi connectivity index (χ1n) is 12.2. The minimum absolute atomic E-state index is 0.0273. The van der Waals surface area contributed by atoms with Gasteiger partial charge in [-0.3, -0.25) is 9.69 Å². The van der Waals surface area contributed by atoms with E-state index in [4.69, 9.17) is 10.7 Å². The van der Waals surface area contributed by atoms with Crippen molar-refractivity contribution >= 4 is 11.9 Å². The summed E-state index contributed by atoms with van der Waals surface area (Å²) in [6, 6.07) is 19.4. The lowest BCUT2D eigenvalue weighted by molar-refractivity contribution is -0.123. The highest BCUT2D eigenvalue weighted by atomic mass is 16.1. The number of aliphatic imine (C=N–C) groups is 1. The summed E-state index contributed by atoms with van der Waals surface area (Å²) in [5.74, 6) is 0.994. The van der Waals surface area contributed by atoms with Gasteiger partial charge in [-0.1, -0.05) is 61.5 Å². The molecule has 33 heavy (non-hydrogen) atoms. The Hall–Kier alpha value is -2.86. The van der Waals surface area contributed by atoms with Gasteiger partial charge in [-0.25, -0.2) is 4.99 Å². The van der Waals surface area contributed by atoms with Gasteiger partial charge in [0.05, 0.1) is 12.5 Å². The summed E-state index contributed by atoms with van der Waals surface area (Å²) >= 11 is 0. The maximum atomic E-state index is 11.6. The van der Waals surface area contributed by atoms with Gasteiger partial charge in [0.2, 0.25) is 5.91 Å². The van der Waals surface area contributed by atoms with Crippen LogP contribution < -0.4 is 16.4 Å². The molecule has 4 N–H and O–H groups in total. The van der Waals surface area contributed by atoms with E-state index in [0.29, 0.717) is 12.5 Å². The molecule has 2 aromatic rings. The highest BCUT2D eigenvalue weighted by Crippen LogP contribution is 2.20. The van der Waals surface area contributed by atoms with Crippen molar-refractivity contribution in [2.24, 2.45) is 16.6 Å². The number of nitrogens with zero attached hydrogens (tertiary/aromatic N) is 2. The third kappa shape index (κ3) is 7.60. The first-order chi connectivity index (χ1) is 16.0. The average molecular weight is 450 g/mol. The molecule has 6 heteroatoms. The van der Waals surface area contributed by atoms with Gasteiger partial charge in [0, 0.05) is 31.6 Å². The summed E-state index contributed by atoms with van der Waals surface area (Å²) in [7, 11) is 0. The molecule has 1 aliphatic heterocycles. The monoisotopic (exact) mass is 449 g/mol. The third-order valence-electron chi connectivity index (χ3n) is 6.51. The smallest absolute Gasteiger partial charge is 0.221 e. The summed E-state index contributed by atoms with van der Waals surface area (Å²) in [6.07, 6.45) is 1.93. The first kappa shape index (κ1) is 24.8. The highest BCUT2D eigenvalue weighted by Gasteiger charge is 2.23. The number of nitrogens with one attached hydrogen (secondary N) is 2. The standard InChI is InChI=1S/C27H39N5O/c1-4-29-27(31-21(3)20(2)24-12-6-5-7-13-24)30-17-22-10-8-11-23(16-22)18-32-15-9-14-25(19-32)26(28)33/h5-8,10-13,16,20-21,25H,4,9,14-15,17-19H2,1-3H3,(H2,28,33)(H2,29,30,31). The zero-order valence-corrected chi connectivity index (χ0v) is 20.3. The zero-order valence-electron chi connectivity index (χ0n) is 20.3. The van der Waals surface area contributed by atoms with Crippen LogP contribution in [-0.4, -0.2) is 42.4 Å². The molecule has 6 nitrogen and oxygen atoms in total. The van der Waals surface area contributed by atoms with E-state index < -0.39 is 0 Å². The van der Waals surface area contributed by atoms with Crippen LogP contribution in [0.4, 0.5) is 0 Å². The fourth-order valence-electron chi connectivity index (χ4n) is 4.39. The highest BCUT2D eigenvalue weighted by molar-refractivity contribution is 5.80. The van der Waals surface area contributed by atoms with Crippen molar-refractivity contribution in [2.75, 3.05) is 19.6 Å². The topological polar surface area (TPSA) is 82.8 Å². The predicted octanol–water partition coefficient (Wildman–Crippen LogP) is 3.63. The van der Waals surface area contributed by atoms with Crippen molar-refractivity contribution in [3.05, 3.63) is 71.3 Å². The van der Waals surface area contributed by atoms with Gasteiger partial charge in [-0.15, -0.1) is 0 Å². The lowest BCUT2D eigenvalue weighted by Gasteiger charge is -2.31. The SMILES string of the molecule is CCNC(=NCc1cccc(CN2CCCC(C(N)=O)C2)c1)NC(C)C(C)c1ccccc1. The lowest BCUT2D eigenvalue weighted by atomic mass is 9.94. The molecule has 1 aliphatic rings.